The molecule has 1 aromatic carbocycles. The van der Waals surface area contributed by atoms with Crippen molar-refractivity contribution in [3.8, 4) is 0 Å². The Hall–Kier alpha value is -2.56. The maximum Gasteiger partial charge on any atom is 0.257 e. The highest BCUT2D eigenvalue weighted by atomic mass is 16.1. The normalized spacial score (nSPS) is 10.8. The van der Waals surface area contributed by atoms with Crippen LogP contribution in [0.15, 0.2) is 47.4 Å². The summed E-state index contributed by atoms with van der Waals surface area (Å²) in [6.45, 7) is 0.744. The second-order valence-electron chi connectivity index (χ2n) is 4.72. The number of hydrogen-bond acceptors (Lipinski definition) is 3. The van der Waals surface area contributed by atoms with Gasteiger partial charge in [-0.05, 0) is 23.6 Å². The van der Waals surface area contributed by atoms with Gasteiger partial charge in [0.15, 0.2) is 0 Å². The summed E-state index contributed by atoms with van der Waals surface area (Å²) < 4.78 is 1.85. The van der Waals surface area contributed by atoms with Gasteiger partial charge in [0.2, 0.25) is 0 Å². The number of nitrogens with one attached hydrogen (secondary N) is 2. The van der Waals surface area contributed by atoms with E-state index in [1.54, 1.807) is 6.20 Å². The van der Waals surface area contributed by atoms with Crippen molar-refractivity contribution in [1.29, 1.82) is 0 Å². The molecule has 0 unspecified atom stereocenters. The molecular weight excluding hydrogens is 252 g/mol. The molecule has 2 heterocycles. The van der Waals surface area contributed by atoms with Crippen LogP contribution in [0.5, 0.6) is 0 Å². The van der Waals surface area contributed by atoms with Gasteiger partial charge in [-0.2, -0.15) is 5.10 Å². The van der Waals surface area contributed by atoms with E-state index in [0.717, 1.165) is 29.9 Å². The van der Waals surface area contributed by atoms with Crippen LogP contribution in [0.4, 0.5) is 5.82 Å². The molecule has 5 heteroatoms. The molecular formula is C15H16N4O. The summed E-state index contributed by atoms with van der Waals surface area (Å²) >= 11 is 0. The molecule has 0 fully saturated rings. The van der Waals surface area contributed by atoms with Crippen molar-refractivity contribution in [2.45, 2.75) is 6.42 Å². The molecule has 2 aromatic heterocycles. The van der Waals surface area contributed by atoms with Crippen molar-refractivity contribution in [3.05, 3.63) is 58.6 Å². The van der Waals surface area contributed by atoms with E-state index in [9.17, 15) is 4.79 Å². The Morgan fingerprint density at radius 1 is 1.30 bits per heavy atom. The zero-order chi connectivity index (χ0) is 13.9. The smallest absolute Gasteiger partial charge is 0.257 e. The molecule has 2 N–H and O–H groups in total. The minimum Gasteiger partial charge on any atom is -0.371 e. The minimum absolute atomic E-state index is 0.0638. The van der Waals surface area contributed by atoms with E-state index in [1.165, 1.54) is 0 Å². The Morgan fingerprint density at radius 2 is 2.15 bits per heavy atom. The van der Waals surface area contributed by atoms with Gasteiger partial charge in [-0.15, -0.1) is 0 Å². The number of nitrogens with zero attached hydrogens (tertiary/aromatic N) is 2. The number of benzene rings is 1. The van der Waals surface area contributed by atoms with Gasteiger partial charge in [0.1, 0.15) is 5.82 Å². The van der Waals surface area contributed by atoms with Crippen LogP contribution in [-0.2, 0) is 13.5 Å². The molecule has 0 bridgehead atoms. The third-order valence-electron chi connectivity index (χ3n) is 3.37. The van der Waals surface area contributed by atoms with Gasteiger partial charge in [-0.3, -0.25) is 9.48 Å². The minimum atomic E-state index is -0.0638. The Labute approximate surface area is 116 Å². The first-order valence-corrected chi connectivity index (χ1v) is 6.57. The van der Waals surface area contributed by atoms with Gasteiger partial charge in [-0.25, -0.2) is 0 Å². The molecule has 0 saturated heterocycles. The lowest BCUT2D eigenvalue weighted by Crippen LogP contribution is -2.13. The summed E-state index contributed by atoms with van der Waals surface area (Å²) in [5, 5.41) is 9.03. The van der Waals surface area contributed by atoms with Gasteiger partial charge in [0.05, 0.1) is 0 Å². The number of aryl methyl sites for hydroxylation is 1. The molecule has 3 aromatic rings. The number of rotatable bonds is 4. The third-order valence-corrected chi connectivity index (χ3v) is 3.37. The SMILES string of the molecule is Cn1nccc1CCNc1cc2ccccc2c(=O)[nH]1. The lowest BCUT2D eigenvalue weighted by molar-refractivity contribution is 0.711. The van der Waals surface area contributed by atoms with Crippen LogP contribution in [0.2, 0.25) is 0 Å². The van der Waals surface area contributed by atoms with E-state index in [2.05, 4.69) is 15.4 Å². The first-order valence-electron chi connectivity index (χ1n) is 6.57. The average Bonchev–Trinajstić information content (AvgIpc) is 2.85. The van der Waals surface area contributed by atoms with Crippen molar-refractivity contribution < 1.29 is 0 Å². The molecule has 0 saturated carbocycles. The molecule has 0 amide bonds. The first-order chi connectivity index (χ1) is 9.74. The van der Waals surface area contributed by atoms with Crippen molar-refractivity contribution in [3.63, 3.8) is 0 Å². The quantitative estimate of drug-likeness (QED) is 0.760. The number of pyridine rings is 1. The lowest BCUT2D eigenvalue weighted by atomic mass is 10.2. The first kappa shape index (κ1) is 12.5. The van der Waals surface area contributed by atoms with E-state index in [0.29, 0.717) is 5.39 Å². The van der Waals surface area contributed by atoms with Crippen molar-refractivity contribution in [2.24, 2.45) is 7.05 Å². The van der Waals surface area contributed by atoms with E-state index in [4.69, 9.17) is 0 Å². The number of aromatic nitrogens is 3. The van der Waals surface area contributed by atoms with Crippen LogP contribution in [0.1, 0.15) is 5.69 Å². The molecule has 5 nitrogen and oxygen atoms in total. The van der Waals surface area contributed by atoms with Crippen LogP contribution in [0.25, 0.3) is 10.8 Å². The third kappa shape index (κ3) is 2.42. The predicted octanol–water partition coefficient (Wildman–Crippen LogP) is 1.92. The molecule has 0 aliphatic heterocycles. The Balaban J connectivity index is 1.75. The highest BCUT2D eigenvalue weighted by Gasteiger charge is 2.02. The summed E-state index contributed by atoms with van der Waals surface area (Å²) in [4.78, 5) is 14.8. The summed E-state index contributed by atoms with van der Waals surface area (Å²) in [5.74, 6) is 0.746. The fraction of sp³-hybridized carbons (Fsp3) is 0.200. The second kappa shape index (κ2) is 5.21. The average molecular weight is 268 g/mol. The summed E-state index contributed by atoms with van der Waals surface area (Å²) in [5.41, 5.74) is 1.09. The predicted molar refractivity (Wildman–Crippen MR) is 80.0 cm³/mol. The number of aromatic amines is 1. The van der Waals surface area contributed by atoms with Crippen LogP contribution in [-0.4, -0.2) is 21.3 Å². The van der Waals surface area contributed by atoms with Crippen LogP contribution >= 0.6 is 0 Å². The van der Waals surface area contributed by atoms with Crippen LogP contribution in [0.3, 0.4) is 0 Å². The monoisotopic (exact) mass is 268 g/mol. The molecule has 0 spiro atoms. The summed E-state index contributed by atoms with van der Waals surface area (Å²) in [7, 11) is 1.92. The molecule has 20 heavy (non-hydrogen) atoms. The standard InChI is InChI=1S/C15H16N4O/c1-19-12(7-9-17-19)6-8-16-14-10-11-4-2-3-5-13(11)15(20)18-14/h2-5,7,9-10H,6,8H2,1H3,(H2,16,18,20). The highest BCUT2D eigenvalue weighted by molar-refractivity contribution is 5.83. The van der Waals surface area contributed by atoms with Crippen molar-refractivity contribution in [1.82, 2.24) is 14.8 Å². The molecule has 0 radical (unpaired) electrons. The highest BCUT2D eigenvalue weighted by Crippen LogP contribution is 2.12. The fourth-order valence-corrected chi connectivity index (χ4v) is 2.28. The zero-order valence-electron chi connectivity index (χ0n) is 11.3. The lowest BCUT2D eigenvalue weighted by Gasteiger charge is -2.07. The molecule has 0 atom stereocenters. The van der Waals surface area contributed by atoms with Gasteiger partial charge in [-0.1, -0.05) is 18.2 Å². The Bertz CT molecular complexity index is 788. The maximum absolute atomic E-state index is 11.9. The summed E-state index contributed by atoms with van der Waals surface area (Å²) in [6, 6.07) is 11.5. The van der Waals surface area contributed by atoms with Gasteiger partial charge in [0, 0.05) is 37.3 Å². The number of fused-ring (bicyclic) bond motifs is 1. The summed E-state index contributed by atoms with van der Waals surface area (Å²) in [6.07, 6.45) is 2.64. The molecule has 3 rings (SSSR count). The topological polar surface area (TPSA) is 62.7 Å². The zero-order valence-corrected chi connectivity index (χ0v) is 11.3. The number of hydrogen-bond donors (Lipinski definition) is 2. The van der Waals surface area contributed by atoms with Crippen LogP contribution < -0.4 is 10.9 Å². The van der Waals surface area contributed by atoms with Crippen molar-refractivity contribution in [2.75, 3.05) is 11.9 Å². The number of H-pyrrole nitrogens is 1. The van der Waals surface area contributed by atoms with Crippen LogP contribution in [0, 0.1) is 0 Å². The maximum atomic E-state index is 11.9. The van der Waals surface area contributed by atoms with E-state index >= 15 is 0 Å². The number of anilines is 1. The van der Waals surface area contributed by atoms with E-state index in [-0.39, 0.29) is 5.56 Å². The molecule has 0 aliphatic rings. The molecule has 0 aliphatic carbocycles. The van der Waals surface area contributed by atoms with Gasteiger partial charge >= 0.3 is 0 Å². The molecule has 102 valence electrons. The Morgan fingerprint density at radius 3 is 2.95 bits per heavy atom. The largest absolute Gasteiger partial charge is 0.371 e. The van der Waals surface area contributed by atoms with Gasteiger partial charge < -0.3 is 10.3 Å². The fourth-order valence-electron chi connectivity index (χ4n) is 2.28. The second-order valence-corrected chi connectivity index (χ2v) is 4.72. The van der Waals surface area contributed by atoms with E-state index in [1.807, 2.05) is 48.1 Å². The van der Waals surface area contributed by atoms with Crippen molar-refractivity contribution >= 4 is 16.6 Å². The van der Waals surface area contributed by atoms with E-state index < -0.39 is 0 Å². The Kier molecular flexibility index (Phi) is 3.25. The van der Waals surface area contributed by atoms with Gasteiger partial charge in [0.25, 0.3) is 5.56 Å².